The first kappa shape index (κ1) is 21.8. The van der Waals surface area contributed by atoms with E-state index in [-0.39, 0.29) is 23.4 Å². The third-order valence-electron chi connectivity index (χ3n) is 4.99. The van der Waals surface area contributed by atoms with E-state index in [1.54, 1.807) is 50.5 Å². The summed E-state index contributed by atoms with van der Waals surface area (Å²) in [6.07, 6.45) is 2.03. The lowest BCUT2D eigenvalue weighted by atomic mass is 10.1. The zero-order valence-corrected chi connectivity index (χ0v) is 17.6. The van der Waals surface area contributed by atoms with Gasteiger partial charge in [0.05, 0.1) is 5.56 Å². The van der Waals surface area contributed by atoms with Crippen molar-refractivity contribution in [1.29, 1.82) is 0 Å². The number of nitrogens with two attached hydrogens (primary N) is 1. The van der Waals surface area contributed by atoms with Crippen LogP contribution in [0.3, 0.4) is 0 Å². The monoisotopic (exact) mass is 422 g/mol. The predicted molar refractivity (Wildman–Crippen MR) is 119 cm³/mol. The van der Waals surface area contributed by atoms with Gasteiger partial charge in [0.25, 0.3) is 11.8 Å². The number of carbonyl (C=O) groups excluding carboxylic acids is 3. The van der Waals surface area contributed by atoms with Gasteiger partial charge in [0, 0.05) is 44.5 Å². The van der Waals surface area contributed by atoms with Gasteiger partial charge < -0.3 is 26.2 Å². The van der Waals surface area contributed by atoms with E-state index in [9.17, 15) is 14.4 Å². The minimum atomic E-state index is -0.599. The van der Waals surface area contributed by atoms with Crippen molar-refractivity contribution in [2.24, 2.45) is 5.73 Å². The summed E-state index contributed by atoms with van der Waals surface area (Å²) in [5, 5.41) is 6.01. The van der Waals surface area contributed by atoms with Gasteiger partial charge in [0.15, 0.2) is 0 Å². The molecule has 0 saturated carbocycles. The second kappa shape index (κ2) is 9.29. The minimum Gasteiger partial charge on any atom is -0.365 e. The molecule has 162 valence electrons. The molecule has 9 nitrogen and oxygen atoms in total. The lowest BCUT2D eigenvalue weighted by Crippen LogP contribution is -2.36. The normalized spacial score (nSPS) is 15.3. The largest absolute Gasteiger partial charge is 0.365 e. The molecule has 0 bridgehead atoms. The van der Waals surface area contributed by atoms with Crippen molar-refractivity contribution >= 4 is 35.0 Å². The van der Waals surface area contributed by atoms with Crippen molar-refractivity contribution in [3.63, 3.8) is 0 Å². The Bertz CT molecular complexity index is 1000. The Morgan fingerprint density at radius 2 is 1.90 bits per heavy atom. The molecule has 0 spiro atoms. The van der Waals surface area contributed by atoms with E-state index < -0.39 is 5.91 Å². The molecular weight excluding hydrogens is 396 g/mol. The number of hydrogen-bond acceptors (Lipinski definition) is 6. The van der Waals surface area contributed by atoms with Gasteiger partial charge in [0.1, 0.15) is 11.6 Å². The van der Waals surface area contributed by atoms with Crippen molar-refractivity contribution in [3.8, 4) is 0 Å². The third-order valence-corrected chi connectivity index (χ3v) is 4.99. The molecule has 1 saturated heterocycles. The average Bonchev–Trinajstić information content (AvgIpc) is 3.21. The second-order valence-corrected chi connectivity index (χ2v) is 7.48. The van der Waals surface area contributed by atoms with Crippen LogP contribution in [0.4, 0.5) is 17.3 Å². The smallest absolute Gasteiger partial charge is 0.253 e. The highest BCUT2D eigenvalue weighted by Gasteiger charge is 2.25. The van der Waals surface area contributed by atoms with Crippen LogP contribution in [0.25, 0.3) is 0 Å². The summed E-state index contributed by atoms with van der Waals surface area (Å²) in [6, 6.07) is 10.3. The standard InChI is InChI=1S/C22H26N6O3/c1-4-19(29)24-16-11-12-28(13-16)18-10-9-17(20(23)30)21(26-18)25-15-7-5-14(6-8-15)22(31)27(2)3/h4-10,16H,1,11-13H2,2-3H3,(H2,23,30)(H,24,29)(H,25,26)/t16-/m0/s1. The van der Waals surface area contributed by atoms with Crippen molar-refractivity contribution in [1.82, 2.24) is 15.2 Å². The highest BCUT2D eigenvalue weighted by Crippen LogP contribution is 2.25. The molecule has 1 fully saturated rings. The van der Waals surface area contributed by atoms with E-state index in [1.807, 2.05) is 4.90 Å². The van der Waals surface area contributed by atoms with E-state index in [4.69, 9.17) is 5.73 Å². The van der Waals surface area contributed by atoms with Crippen molar-refractivity contribution in [2.45, 2.75) is 12.5 Å². The van der Waals surface area contributed by atoms with Gasteiger partial charge in [-0.05, 0) is 48.9 Å². The van der Waals surface area contributed by atoms with Gasteiger partial charge >= 0.3 is 0 Å². The molecule has 4 N–H and O–H groups in total. The van der Waals surface area contributed by atoms with Crippen LogP contribution >= 0.6 is 0 Å². The average molecular weight is 422 g/mol. The van der Waals surface area contributed by atoms with E-state index in [1.165, 1.54) is 11.0 Å². The SMILES string of the molecule is C=CC(=O)N[C@H]1CCN(c2ccc(C(N)=O)c(Nc3ccc(C(=O)N(C)C)cc3)n2)C1. The van der Waals surface area contributed by atoms with Crippen molar-refractivity contribution < 1.29 is 14.4 Å². The minimum absolute atomic E-state index is 0.00121. The zero-order valence-electron chi connectivity index (χ0n) is 17.6. The number of nitrogens with one attached hydrogen (secondary N) is 2. The Hall–Kier alpha value is -3.88. The molecule has 0 unspecified atom stereocenters. The fraction of sp³-hybridized carbons (Fsp3) is 0.273. The first-order valence-corrected chi connectivity index (χ1v) is 9.86. The number of pyridine rings is 1. The summed E-state index contributed by atoms with van der Waals surface area (Å²) in [7, 11) is 3.38. The van der Waals surface area contributed by atoms with Crippen LogP contribution < -0.4 is 21.3 Å². The molecule has 0 aliphatic carbocycles. The molecule has 1 atom stereocenters. The molecule has 2 heterocycles. The van der Waals surface area contributed by atoms with Crippen LogP contribution in [0.15, 0.2) is 49.1 Å². The number of amides is 3. The number of rotatable bonds is 7. The Morgan fingerprint density at radius 1 is 1.19 bits per heavy atom. The summed E-state index contributed by atoms with van der Waals surface area (Å²) in [5.74, 6) is 0.0927. The number of aromatic nitrogens is 1. The molecule has 1 aliphatic rings. The number of hydrogen-bond donors (Lipinski definition) is 3. The summed E-state index contributed by atoms with van der Waals surface area (Å²) in [5.41, 5.74) is 7.00. The number of primary amides is 1. The van der Waals surface area contributed by atoms with Gasteiger partial charge in [-0.25, -0.2) is 4.98 Å². The van der Waals surface area contributed by atoms with Crippen LogP contribution in [0.1, 0.15) is 27.1 Å². The topological polar surface area (TPSA) is 121 Å². The molecule has 3 amide bonds. The Labute approximate surface area is 180 Å². The van der Waals surface area contributed by atoms with E-state index in [0.29, 0.717) is 36.0 Å². The maximum absolute atomic E-state index is 12.1. The van der Waals surface area contributed by atoms with Crippen LogP contribution in [0, 0.1) is 0 Å². The quantitative estimate of drug-likeness (QED) is 0.582. The number of nitrogens with zero attached hydrogens (tertiary/aromatic N) is 3. The molecular formula is C22H26N6O3. The maximum atomic E-state index is 12.1. The highest BCUT2D eigenvalue weighted by molar-refractivity contribution is 5.99. The van der Waals surface area contributed by atoms with Crippen LogP contribution in [0.2, 0.25) is 0 Å². The van der Waals surface area contributed by atoms with Crippen molar-refractivity contribution in [2.75, 3.05) is 37.4 Å². The summed E-state index contributed by atoms with van der Waals surface area (Å²) < 4.78 is 0. The van der Waals surface area contributed by atoms with E-state index in [0.717, 1.165) is 6.42 Å². The molecule has 9 heteroatoms. The highest BCUT2D eigenvalue weighted by atomic mass is 16.2. The molecule has 2 aromatic rings. The van der Waals surface area contributed by atoms with Gasteiger partial charge in [0.2, 0.25) is 5.91 Å². The molecule has 31 heavy (non-hydrogen) atoms. The first-order chi connectivity index (χ1) is 14.8. The zero-order chi connectivity index (χ0) is 22.5. The number of carbonyl (C=O) groups is 3. The first-order valence-electron chi connectivity index (χ1n) is 9.86. The second-order valence-electron chi connectivity index (χ2n) is 7.48. The summed E-state index contributed by atoms with van der Waals surface area (Å²) in [4.78, 5) is 43.6. The molecule has 1 aromatic heterocycles. The van der Waals surface area contributed by atoms with Gasteiger partial charge in [-0.3, -0.25) is 14.4 Å². The molecule has 3 rings (SSSR count). The fourth-order valence-corrected chi connectivity index (χ4v) is 3.36. The van der Waals surface area contributed by atoms with Crippen LogP contribution in [-0.2, 0) is 4.79 Å². The molecule has 1 aliphatic heterocycles. The van der Waals surface area contributed by atoms with Gasteiger partial charge in [-0.15, -0.1) is 0 Å². The molecule has 0 radical (unpaired) electrons. The summed E-state index contributed by atoms with van der Waals surface area (Å²) >= 11 is 0. The Morgan fingerprint density at radius 3 is 2.52 bits per heavy atom. The van der Waals surface area contributed by atoms with Crippen molar-refractivity contribution in [3.05, 3.63) is 60.2 Å². The van der Waals surface area contributed by atoms with Gasteiger partial charge in [-0.2, -0.15) is 0 Å². The maximum Gasteiger partial charge on any atom is 0.253 e. The third kappa shape index (κ3) is 5.19. The Balaban J connectivity index is 1.80. The van der Waals surface area contributed by atoms with Crippen LogP contribution in [0.5, 0.6) is 0 Å². The van der Waals surface area contributed by atoms with E-state index >= 15 is 0 Å². The molecule has 1 aromatic carbocycles. The summed E-state index contributed by atoms with van der Waals surface area (Å²) in [6.45, 7) is 4.78. The Kier molecular flexibility index (Phi) is 6.54. The van der Waals surface area contributed by atoms with Crippen LogP contribution in [-0.4, -0.2) is 60.8 Å². The fourth-order valence-electron chi connectivity index (χ4n) is 3.36. The van der Waals surface area contributed by atoms with E-state index in [2.05, 4.69) is 22.2 Å². The lowest BCUT2D eigenvalue weighted by molar-refractivity contribution is -0.117. The lowest BCUT2D eigenvalue weighted by Gasteiger charge is -2.20. The van der Waals surface area contributed by atoms with Gasteiger partial charge in [-0.1, -0.05) is 6.58 Å². The number of anilines is 3. The number of benzene rings is 1. The predicted octanol–water partition coefficient (Wildman–Crippen LogP) is 1.51.